The van der Waals surface area contributed by atoms with Gasteiger partial charge in [0.2, 0.25) is 0 Å². The number of hydrogen-bond acceptors (Lipinski definition) is 4. The fourth-order valence-corrected chi connectivity index (χ4v) is 9.79. The summed E-state index contributed by atoms with van der Waals surface area (Å²) in [6.07, 6.45) is 13.9. The minimum atomic E-state index is -0.820. The standard InChI is InChI=1S/C28H43N3O2/c1-18-13-26(2)10-8-20-21(23(26)12-24(18)33-5)9-11-27(3)22(20)6-7-25(27)28(4,32)17-31-16-19(14-29)15-30-31/h15-16,18,20-25,32H,6-13,17H2,1-5H3/t18-,20-,21?,22?,23-,24-,25+,26-,27+,28+/m1/s1. The first kappa shape index (κ1) is 23.4. The molecule has 4 fully saturated rings. The van der Waals surface area contributed by atoms with Gasteiger partial charge in [-0.25, -0.2) is 0 Å². The molecule has 4 aliphatic carbocycles. The SMILES string of the molecule is CO[C@@H]1C[C@@H]2C3CC[C@@]4(C)C(CC[C@@H]4[C@@](C)(O)Cn4cc(C#N)cn4)[C@@H]3CC[C@]2(C)C[C@H]1C. The predicted molar refractivity (Wildman–Crippen MR) is 128 cm³/mol. The maximum absolute atomic E-state index is 11.7. The number of nitrogens with zero attached hydrogens (tertiary/aromatic N) is 3. The summed E-state index contributed by atoms with van der Waals surface area (Å²) >= 11 is 0. The molecule has 10 atom stereocenters. The highest BCUT2D eigenvalue weighted by atomic mass is 16.5. The highest BCUT2D eigenvalue weighted by molar-refractivity contribution is 5.22. The number of aromatic nitrogens is 2. The number of aliphatic hydroxyl groups is 1. The van der Waals surface area contributed by atoms with Crippen molar-refractivity contribution in [3.8, 4) is 6.07 Å². The summed E-state index contributed by atoms with van der Waals surface area (Å²) in [5.41, 5.74) is 0.403. The van der Waals surface area contributed by atoms with Crippen LogP contribution in [-0.2, 0) is 11.3 Å². The lowest BCUT2D eigenvalue weighted by atomic mass is 9.45. The van der Waals surface area contributed by atoms with Gasteiger partial charge in [0.05, 0.1) is 30.0 Å². The molecule has 0 aliphatic heterocycles. The number of nitriles is 1. The van der Waals surface area contributed by atoms with Crippen LogP contribution in [0.15, 0.2) is 12.4 Å². The average molecular weight is 454 g/mol. The van der Waals surface area contributed by atoms with Crippen LogP contribution in [0.1, 0.15) is 84.6 Å². The molecule has 4 aliphatic rings. The third-order valence-electron chi connectivity index (χ3n) is 11.2. The molecule has 1 aromatic heterocycles. The Balaban J connectivity index is 1.36. The van der Waals surface area contributed by atoms with Crippen LogP contribution in [0.2, 0.25) is 0 Å². The number of rotatable bonds is 4. The van der Waals surface area contributed by atoms with E-state index in [9.17, 15) is 5.11 Å². The normalized spacial score (nSPS) is 46.5. The zero-order valence-electron chi connectivity index (χ0n) is 21.3. The zero-order chi connectivity index (χ0) is 23.6. The number of hydrogen-bond donors (Lipinski definition) is 1. The fourth-order valence-electron chi connectivity index (χ4n) is 9.79. The van der Waals surface area contributed by atoms with Gasteiger partial charge < -0.3 is 9.84 Å². The van der Waals surface area contributed by atoms with E-state index in [0.29, 0.717) is 35.5 Å². The van der Waals surface area contributed by atoms with Crippen LogP contribution in [-0.4, -0.2) is 33.7 Å². The van der Waals surface area contributed by atoms with Crippen LogP contribution < -0.4 is 0 Å². The molecule has 5 nitrogen and oxygen atoms in total. The molecule has 1 aromatic rings. The molecular formula is C28H43N3O2. The Morgan fingerprint density at radius 2 is 1.94 bits per heavy atom. The second kappa shape index (κ2) is 8.09. The first-order chi connectivity index (χ1) is 15.6. The summed E-state index contributed by atoms with van der Waals surface area (Å²) < 4.78 is 7.72. The van der Waals surface area contributed by atoms with Gasteiger partial charge in [-0.2, -0.15) is 10.4 Å². The molecule has 0 saturated heterocycles. The van der Waals surface area contributed by atoms with Gasteiger partial charge in [-0.15, -0.1) is 0 Å². The summed E-state index contributed by atoms with van der Waals surface area (Å²) in [5, 5.41) is 25.2. The molecule has 0 bridgehead atoms. The van der Waals surface area contributed by atoms with Crippen molar-refractivity contribution in [1.82, 2.24) is 9.78 Å². The summed E-state index contributed by atoms with van der Waals surface area (Å²) in [6, 6.07) is 2.15. The fraction of sp³-hybridized carbons (Fsp3) is 0.857. The largest absolute Gasteiger partial charge is 0.388 e. The highest BCUT2D eigenvalue weighted by Crippen LogP contribution is 2.68. The summed E-state index contributed by atoms with van der Waals surface area (Å²) in [5.74, 6) is 4.05. The van der Waals surface area contributed by atoms with E-state index in [1.807, 2.05) is 14.0 Å². The lowest BCUT2D eigenvalue weighted by Crippen LogP contribution is -2.56. The molecule has 33 heavy (non-hydrogen) atoms. The third kappa shape index (κ3) is 3.67. The smallest absolute Gasteiger partial charge is 0.102 e. The van der Waals surface area contributed by atoms with Gasteiger partial charge >= 0.3 is 0 Å². The van der Waals surface area contributed by atoms with E-state index in [4.69, 9.17) is 10.00 Å². The van der Waals surface area contributed by atoms with Crippen LogP contribution >= 0.6 is 0 Å². The van der Waals surface area contributed by atoms with Crippen LogP contribution in [0, 0.1) is 57.7 Å². The molecule has 182 valence electrons. The molecule has 1 N–H and O–H groups in total. The molecule has 0 aromatic carbocycles. The predicted octanol–water partition coefficient (Wildman–Crippen LogP) is 5.43. The molecule has 5 rings (SSSR count). The van der Waals surface area contributed by atoms with Gasteiger partial charge in [0, 0.05) is 13.3 Å². The zero-order valence-corrected chi connectivity index (χ0v) is 21.3. The number of fused-ring (bicyclic) bond motifs is 5. The third-order valence-corrected chi connectivity index (χ3v) is 11.2. The van der Waals surface area contributed by atoms with Gasteiger partial charge in [-0.1, -0.05) is 20.8 Å². The van der Waals surface area contributed by atoms with Crippen molar-refractivity contribution in [1.29, 1.82) is 5.26 Å². The van der Waals surface area contributed by atoms with Crippen LogP contribution in [0.3, 0.4) is 0 Å². The number of ether oxygens (including phenoxy) is 1. The Morgan fingerprint density at radius 1 is 1.21 bits per heavy atom. The van der Waals surface area contributed by atoms with Crippen molar-refractivity contribution < 1.29 is 9.84 Å². The van der Waals surface area contributed by atoms with E-state index in [-0.39, 0.29) is 11.3 Å². The van der Waals surface area contributed by atoms with Gasteiger partial charge in [0.15, 0.2) is 0 Å². The van der Waals surface area contributed by atoms with Gasteiger partial charge in [0.25, 0.3) is 0 Å². The van der Waals surface area contributed by atoms with Crippen molar-refractivity contribution in [2.75, 3.05) is 7.11 Å². The lowest BCUT2D eigenvalue weighted by Gasteiger charge is -2.61. The second-order valence-corrected chi connectivity index (χ2v) is 13.0. The van der Waals surface area contributed by atoms with E-state index in [0.717, 1.165) is 24.2 Å². The summed E-state index contributed by atoms with van der Waals surface area (Å²) in [6.45, 7) is 9.92. The summed E-state index contributed by atoms with van der Waals surface area (Å²) in [4.78, 5) is 0. The van der Waals surface area contributed by atoms with Gasteiger partial charge in [-0.3, -0.25) is 4.68 Å². The molecule has 1 heterocycles. The molecule has 5 heteroatoms. The quantitative estimate of drug-likeness (QED) is 0.660. The Hall–Kier alpha value is -1.38. The van der Waals surface area contributed by atoms with E-state index < -0.39 is 5.60 Å². The van der Waals surface area contributed by atoms with Crippen LogP contribution in [0.25, 0.3) is 0 Å². The monoisotopic (exact) mass is 453 g/mol. The van der Waals surface area contributed by atoms with Crippen molar-refractivity contribution >= 4 is 0 Å². The molecule has 0 amide bonds. The Labute approximate surface area is 199 Å². The number of methoxy groups -OCH3 is 1. The minimum Gasteiger partial charge on any atom is -0.388 e. The Kier molecular flexibility index (Phi) is 5.73. The lowest BCUT2D eigenvalue weighted by molar-refractivity contribution is -0.149. The average Bonchev–Trinajstić information content (AvgIpc) is 3.36. The maximum Gasteiger partial charge on any atom is 0.102 e. The van der Waals surface area contributed by atoms with Crippen molar-refractivity contribution in [3.05, 3.63) is 18.0 Å². The molecule has 4 saturated carbocycles. The summed E-state index contributed by atoms with van der Waals surface area (Å²) in [7, 11) is 1.91. The van der Waals surface area contributed by atoms with Crippen molar-refractivity contribution in [3.63, 3.8) is 0 Å². The molecule has 0 radical (unpaired) electrons. The first-order valence-electron chi connectivity index (χ1n) is 13.3. The Morgan fingerprint density at radius 3 is 2.64 bits per heavy atom. The van der Waals surface area contributed by atoms with Crippen LogP contribution in [0.5, 0.6) is 0 Å². The van der Waals surface area contributed by atoms with E-state index >= 15 is 0 Å². The highest BCUT2D eigenvalue weighted by Gasteiger charge is 2.62. The Bertz CT molecular complexity index is 918. The molecule has 0 spiro atoms. The minimum absolute atomic E-state index is 0.187. The van der Waals surface area contributed by atoms with Gasteiger partial charge in [-0.05, 0) is 105 Å². The second-order valence-electron chi connectivity index (χ2n) is 13.0. The maximum atomic E-state index is 11.7. The van der Waals surface area contributed by atoms with E-state index in [1.54, 1.807) is 17.1 Å². The molecule has 2 unspecified atom stereocenters. The van der Waals surface area contributed by atoms with E-state index in [2.05, 4.69) is 31.9 Å². The van der Waals surface area contributed by atoms with E-state index in [1.165, 1.54) is 44.9 Å². The first-order valence-corrected chi connectivity index (χ1v) is 13.3. The molecular weight excluding hydrogens is 410 g/mol. The van der Waals surface area contributed by atoms with Crippen LogP contribution in [0.4, 0.5) is 0 Å². The van der Waals surface area contributed by atoms with Crippen molar-refractivity contribution in [2.45, 2.75) is 97.3 Å². The topological polar surface area (TPSA) is 71.1 Å². The van der Waals surface area contributed by atoms with Crippen molar-refractivity contribution in [2.24, 2.45) is 46.3 Å². The van der Waals surface area contributed by atoms with Gasteiger partial charge in [0.1, 0.15) is 6.07 Å².